The van der Waals surface area contributed by atoms with Gasteiger partial charge in [-0.25, -0.2) is 4.98 Å². The van der Waals surface area contributed by atoms with Crippen LogP contribution in [0.15, 0.2) is 27.9 Å². The van der Waals surface area contributed by atoms with Crippen LogP contribution in [0, 0.1) is 13.8 Å². The number of likely N-dealkylation sites (tertiary alicyclic amines) is 1. The molecule has 1 atom stereocenters. The summed E-state index contributed by atoms with van der Waals surface area (Å²) in [6.07, 6.45) is 5.35. The zero-order chi connectivity index (χ0) is 19.4. The SMILES string of the molecule is CSc1ncccc1C(=O)NC1CCC(=O)N(Cc2c(C)noc2C)CC1. The van der Waals surface area contributed by atoms with E-state index >= 15 is 0 Å². The molecule has 1 unspecified atom stereocenters. The third-order valence-corrected chi connectivity index (χ3v) is 5.59. The average Bonchev–Trinajstić information content (AvgIpc) is 2.88. The van der Waals surface area contributed by atoms with E-state index in [1.54, 1.807) is 18.3 Å². The third kappa shape index (κ3) is 4.50. The Balaban J connectivity index is 1.64. The quantitative estimate of drug-likeness (QED) is 0.793. The molecule has 1 fully saturated rings. The standard InChI is InChI=1S/C19H24N4O3S/c1-12-16(13(2)26-22-12)11-23-10-8-14(6-7-17(23)24)21-18(25)15-5-4-9-20-19(15)27-3/h4-5,9,14H,6-8,10-11H2,1-3H3,(H,21,25). The predicted molar refractivity (Wildman–Crippen MR) is 103 cm³/mol. The molecule has 144 valence electrons. The monoisotopic (exact) mass is 388 g/mol. The molecule has 27 heavy (non-hydrogen) atoms. The summed E-state index contributed by atoms with van der Waals surface area (Å²) in [5, 5.41) is 7.74. The van der Waals surface area contributed by atoms with Gasteiger partial charge in [-0.1, -0.05) is 5.16 Å². The molecule has 8 heteroatoms. The third-order valence-electron chi connectivity index (χ3n) is 4.88. The molecule has 0 aliphatic carbocycles. The molecule has 0 aromatic carbocycles. The van der Waals surface area contributed by atoms with Crippen molar-refractivity contribution in [1.29, 1.82) is 0 Å². The molecule has 0 bridgehead atoms. The maximum atomic E-state index is 12.6. The lowest BCUT2D eigenvalue weighted by Crippen LogP contribution is -2.36. The fourth-order valence-electron chi connectivity index (χ4n) is 3.26. The van der Waals surface area contributed by atoms with E-state index in [0.29, 0.717) is 36.5 Å². The number of hydrogen-bond donors (Lipinski definition) is 1. The van der Waals surface area contributed by atoms with Crippen LogP contribution in [-0.2, 0) is 11.3 Å². The summed E-state index contributed by atoms with van der Waals surface area (Å²) < 4.78 is 5.20. The Morgan fingerprint density at radius 1 is 1.41 bits per heavy atom. The molecule has 3 rings (SSSR count). The normalized spacial score (nSPS) is 17.7. The van der Waals surface area contributed by atoms with Crippen LogP contribution in [0.5, 0.6) is 0 Å². The molecule has 1 aliphatic rings. The first kappa shape index (κ1) is 19.4. The van der Waals surface area contributed by atoms with Gasteiger partial charge in [0.15, 0.2) is 0 Å². The van der Waals surface area contributed by atoms with E-state index in [0.717, 1.165) is 23.4 Å². The lowest BCUT2D eigenvalue weighted by atomic mass is 10.1. The minimum Gasteiger partial charge on any atom is -0.361 e. The number of nitrogens with one attached hydrogen (secondary N) is 1. The Morgan fingerprint density at radius 3 is 2.93 bits per heavy atom. The molecular formula is C19H24N4O3S. The van der Waals surface area contributed by atoms with Crippen LogP contribution in [0.1, 0.15) is 46.6 Å². The number of nitrogens with zero attached hydrogens (tertiary/aromatic N) is 3. The lowest BCUT2D eigenvalue weighted by Gasteiger charge is -2.21. The Kier molecular flexibility index (Phi) is 6.15. The highest BCUT2D eigenvalue weighted by atomic mass is 32.2. The summed E-state index contributed by atoms with van der Waals surface area (Å²) in [5.74, 6) is 0.706. The number of pyridine rings is 1. The van der Waals surface area contributed by atoms with Crippen molar-refractivity contribution in [2.45, 2.75) is 50.7 Å². The highest BCUT2D eigenvalue weighted by Crippen LogP contribution is 2.21. The second kappa shape index (κ2) is 8.56. The molecule has 0 saturated carbocycles. The fourth-order valence-corrected chi connectivity index (χ4v) is 3.80. The smallest absolute Gasteiger partial charge is 0.254 e. The highest BCUT2D eigenvalue weighted by molar-refractivity contribution is 7.98. The lowest BCUT2D eigenvalue weighted by molar-refractivity contribution is -0.131. The zero-order valence-corrected chi connectivity index (χ0v) is 16.6. The van der Waals surface area contributed by atoms with E-state index in [9.17, 15) is 9.59 Å². The minimum atomic E-state index is -0.135. The second-order valence-electron chi connectivity index (χ2n) is 6.68. The number of amides is 2. The molecule has 0 radical (unpaired) electrons. The van der Waals surface area contributed by atoms with Gasteiger partial charge in [0.25, 0.3) is 5.91 Å². The molecule has 2 amide bonds. The van der Waals surface area contributed by atoms with Gasteiger partial charge in [-0.3, -0.25) is 9.59 Å². The van der Waals surface area contributed by atoms with E-state index in [1.807, 2.05) is 25.0 Å². The van der Waals surface area contributed by atoms with E-state index in [4.69, 9.17) is 4.52 Å². The van der Waals surface area contributed by atoms with Crippen LogP contribution in [0.25, 0.3) is 0 Å². The Bertz CT molecular complexity index is 817. The first-order valence-corrected chi connectivity index (χ1v) is 10.2. The Hall–Kier alpha value is -2.35. The summed E-state index contributed by atoms with van der Waals surface area (Å²) in [5.41, 5.74) is 2.36. The Morgan fingerprint density at radius 2 is 2.22 bits per heavy atom. The summed E-state index contributed by atoms with van der Waals surface area (Å²) in [7, 11) is 0. The number of rotatable bonds is 5. The molecular weight excluding hydrogens is 364 g/mol. The summed E-state index contributed by atoms with van der Waals surface area (Å²) in [4.78, 5) is 31.2. The van der Waals surface area contributed by atoms with Crippen LogP contribution < -0.4 is 5.32 Å². The van der Waals surface area contributed by atoms with Crippen LogP contribution in [0.3, 0.4) is 0 Å². The van der Waals surface area contributed by atoms with Crippen molar-refractivity contribution in [3.8, 4) is 0 Å². The molecule has 1 aliphatic heterocycles. The molecule has 1 saturated heterocycles. The van der Waals surface area contributed by atoms with Gasteiger partial charge in [-0.05, 0) is 45.1 Å². The highest BCUT2D eigenvalue weighted by Gasteiger charge is 2.26. The average molecular weight is 388 g/mol. The molecule has 2 aromatic heterocycles. The van der Waals surface area contributed by atoms with Gasteiger partial charge in [0.05, 0.1) is 17.8 Å². The van der Waals surface area contributed by atoms with Gasteiger partial charge in [0.1, 0.15) is 10.8 Å². The van der Waals surface area contributed by atoms with Crippen LogP contribution in [0.4, 0.5) is 0 Å². The van der Waals surface area contributed by atoms with Crippen molar-refractivity contribution in [3.63, 3.8) is 0 Å². The summed E-state index contributed by atoms with van der Waals surface area (Å²) in [6.45, 7) is 4.84. The van der Waals surface area contributed by atoms with Gasteiger partial charge in [0.2, 0.25) is 5.91 Å². The predicted octanol–water partition coefficient (Wildman–Crippen LogP) is 2.72. The second-order valence-corrected chi connectivity index (χ2v) is 7.47. The number of aromatic nitrogens is 2. The maximum Gasteiger partial charge on any atom is 0.254 e. The minimum absolute atomic E-state index is 0.0361. The van der Waals surface area contributed by atoms with Crippen LogP contribution >= 0.6 is 11.8 Å². The van der Waals surface area contributed by atoms with Crippen molar-refractivity contribution in [2.75, 3.05) is 12.8 Å². The van der Waals surface area contributed by atoms with Crippen molar-refractivity contribution >= 4 is 23.6 Å². The van der Waals surface area contributed by atoms with Gasteiger partial charge < -0.3 is 14.7 Å². The largest absolute Gasteiger partial charge is 0.361 e. The summed E-state index contributed by atoms with van der Waals surface area (Å²) >= 11 is 1.45. The zero-order valence-electron chi connectivity index (χ0n) is 15.8. The van der Waals surface area contributed by atoms with Gasteiger partial charge >= 0.3 is 0 Å². The number of carbonyl (C=O) groups excluding carboxylic acids is 2. The molecule has 0 spiro atoms. The van der Waals surface area contributed by atoms with E-state index in [-0.39, 0.29) is 17.9 Å². The summed E-state index contributed by atoms with van der Waals surface area (Å²) in [6, 6.07) is 3.50. The van der Waals surface area contributed by atoms with Crippen LogP contribution in [0.2, 0.25) is 0 Å². The molecule has 7 nitrogen and oxygen atoms in total. The first-order chi connectivity index (χ1) is 13.0. The van der Waals surface area contributed by atoms with Gasteiger partial charge in [0, 0.05) is 30.8 Å². The number of hydrogen-bond acceptors (Lipinski definition) is 6. The van der Waals surface area contributed by atoms with Crippen molar-refractivity contribution in [2.24, 2.45) is 0 Å². The van der Waals surface area contributed by atoms with Crippen molar-refractivity contribution < 1.29 is 14.1 Å². The van der Waals surface area contributed by atoms with Crippen LogP contribution in [-0.4, -0.2) is 45.7 Å². The van der Waals surface area contributed by atoms with Gasteiger partial charge in [-0.2, -0.15) is 0 Å². The number of thioether (sulfide) groups is 1. The Labute approximate surface area is 162 Å². The van der Waals surface area contributed by atoms with Crippen molar-refractivity contribution in [3.05, 3.63) is 40.9 Å². The maximum absolute atomic E-state index is 12.6. The van der Waals surface area contributed by atoms with Gasteiger partial charge in [-0.15, -0.1) is 11.8 Å². The molecule has 3 heterocycles. The first-order valence-electron chi connectivity index (χ1n) is 8.99. The molecule has 1 N–H and O–H groups in total. The van der Waals surface area contributed by atoms with E-state index < -0.39 is 0 Å². The fraction of sp³-hybridized carbons (Fsp3) is 0.474. The van der Waals surface area contributed by atoms with E-state index in [2.05, 4.69) is 15.5 Å². The van der Waals surface area contributed by atoms with E-state index in [1.165, 1.54) is 11.8 Å². The number of carbonyl (C=O) groups is 2. The number of aryl methyl sites for hydroxylation is 2. The molecule has 2 aromatic rings. The van der Waals surface area contributed by atoms with Crippen molar-refractivity contribution in [1.82, 2.24) is 20.4 Å². The topological polar surface area (TPSA) is 88.3 Å².